The van der Waals surface area contributed by atoms with Crippen molar-refractivity contribution in [2.75, 3.05) is 0 Å². The molecule has 0 atom stereocenters. The van der Waals surface area contributed by atoms with E-state index in [4.69, 9.17) is 18.0 Å². The quantitative estimate of drug-likeness (QED) is 0.820. The minimum absolute atomic E-state index is 0.165. The molecule has 2 rings (SSSR count). The van der Waals surface area contributed by atoms with E-state index < -0.39 is 10.0 Å². The molecule has 0 amide bonds. The molecule has 0 saturated heterocycles. The van der Waals surface area contributed by atoms with Gasteiger partial charge in [0.1, 0.15) is 4.99 Å². The molecule has 7 heteroatoms. The molecule has 1 heterocycles. The number of thiocarbonyl (C=S) groups is 1. The third-order valence-electron chi connectivity index (χ3n) is 3.08. The molecule has 21 heavy (non-hydrogen) atoms. The van der Waals surface area contributed by atoms with Crippen molar-refractivity contribution < 1.29 is 8.42 Å². The van der Waals surface area contributed by atoms with E-state index in [2.05, 4.69) is 4.72 Å². The molecular weight excluding hydrogens is 324 g/mol. The van der Waals surface area contributed by atoms with Crippen molar-refractivity contribution in [3.8, 4) is 0 Å². The van der Waals surface area contributed by atoms with Crippen LogP contribution < -0.4 is 10.5 Å². The fourth-order valence-corrected chi connectivity index (χ4v) is 4.07. The van der Waals surface area contributed by atoms with Crippen LogP contribution in [0.4, 0.5) is 0 Å². The highest BCUT2D eigenvalue weighted by Gasteiger charge is 2.15. The average molecular weight is 340 g/mol. The number of rotatable bonds is 5. The molecule has 0 aliphatic carbocycles. The predicted molar refractivity (Wildman–Crippen MR) is 90.1 cm³/mol. The van der Waals surface area contributed by atoms with Crippen molar-refractivity contribution in [1.29, 1.82) is 0 Å². The van der Waals surface area contributed by atoms with Gasteiger partial charge >= 0.3 is 0 Å². The van der Waals surface area contributed by atoms with E-state index >= 15 is 0 Å². The molecule has 3 N–H and O–H groups in total. The molecule has 0 radical (unpaired) electrons. The van der Waals surface area contributed by atoms with Crippen molar-refractivity contribution >= 4 is 38.6 Å². The van der Waals surface area contributed by atoms with E-state index in [9.17, 15) is 8.42 Å². The summed E-state index contributed by atoms with van der Waals surface area (Å²) in [6.45, 7) is 4.30. The first-order valence-electron chi connectivity index (χ1n) is 6.25. The zero-order valence-corrected chi connectivity index (χ0v) is 14.2. The fourth-order valence-electron chi connectivity index (χ4n) is 1.80. The van der Waals surface area contributed by atoms with Crippen LogP contribution in [-0.2, 0) is 16.6 Å². The third kappa shape index (κ3) is 3.88. The van der Waals surface area contributed by atoms with Crippen LogP contribution in [0.3, 0.4) is 0 Å². The van der Waals surface area contributed by atoms with E-state index in [-0.39, 0.29) is 16.4 Å². The average Bonchev–Trinajstić information content (AvgIpc) is 2.76. The van der Waals surface area contributed by atoms with E-state index in [0.717, 1.165) is 4.88 Å². The van der Waals surface area contributed by atoms with Crippen molar-refractivity contribution in [2.24, 2.45) is 5.73 Å². The van der Waals surface area contributed by atoms with Crippen LogP contribution in [0.5, 0.6) is 0 Å². The van der Waals surface area contributed by atoms with Crippen LogP contribution in [0.2, 0.25) is 0 Å². The van der Waals surface area contributed by atoms with Crippen LogP contribution >= 0.6 is 23.6 Å². The number of sulfonamides is 1. The van der Waals surface area contributed by atoms with Gasteiger partial charge < -0.3 is 5.73 Å². The molecule has 0 aliphatic rings. The Morgan fingerprint density at radius 3 is 2.62 bits per heavy atom. The summed E-state index contributed by atoms with van der Waals surface area (Å²) in [6, 6.07) is 8.31. The highest BCUT2D eigenvalue weighted by atomic mass is 32.2. The summed E-state index contributed by atoms with van der Waals surface area (Å²) in [5, 5.41) is 0. The molecule has 0 saturated carbocycles. The van der Waals surface area contributed by atoms with Gasteiger partial charge in [-0.1, -0.05) is 24.4 Å². The summed E-state index contributed by atoms with van der Waals surface area (Å²) >= 11 is 6.46. The summed E-state index contributed by atoms with van der Waals surface area (Å²) in [6.07, 6.45) is 0. The van der Waals surface area contributed by atoms with Crippen molar-refractivity contribution in [1.82, 2.24) is 4.72 Å². The lowest BCUT2D eigenvalue weighted by molar-refractivity contribution is 0.582. The Morgan fingerprint density at radius 1 is 1.33 bits per heavy atom. The second kappa shape index (κ2) is 6.23. The Hall–Kier alpha value is -1.28. The molecule has 0 aliphatic heterocycles. The molecule has 0 bridgehead atoms. The molecular formula is C14H16N2O2S3. The normalized spacial score (nSPS) is 11.5. The third-order valence-corrected chi connectivity index (χ3v) is 5.87. The molecule has 2 aromatic rings. The van der Waals surface area contributed by atoms with Crippen molar-refractivity contribution in [3.05, 3.63) is 51.2 Å². The fraction of sp³-hybridized carbons (Fsp3) is 0.214. The van der Waals surface area contributed by atoms with Gasteiger partial charge in [-0.15, -0.1) is 11.3 Å². The first-order valence-corrected chi connectivity index (χ1v) is 8.96. The van der Waals surface area contributed by atoms with Gasteiger partial charge in [-0.05, 0) is 37.6 Å². The number of hydrogen-bond acceptors (Lipinski definition) is 4. The number of thiophene rings is 1. The Bertz CT molecular complexity index is 760. The van der Waals surface area contributed by atoms with E-state index in [1.807, 2.05) is 19.9 Å². The van der Waals surface area contributed by atoms with Crippen LogP contribution in [-0.4, -0.2) is 13.4 Å². The Labute approximate surface area is 134 Å². The largest absolute Gasteiger partial charge is 0.389 e. The summed E-state index contributed by atoms with van der Waals surface area (Å²) in [7, 11) is -3.58. The lowest BCUT2D eigenvalue weighted by atomic mass is 10.2. The van der Waals surface area contributed by atoms with Gasteiger partial charge in [0.25, 0.3) is 0 Å². The Balaban J connectivity index is 2.18. The van der Waals surface area contributed by atoms with E-state index in [1.165, 1.54) is 22.6 Å². The zero-order valence-electron chi connectivity index (χ0n) is 11.7. The summed E-state index contributed by atoms with van der Waals surface area (Å²) in [5.41, 5.74) is 7.24. The van der Waals surface area contributed by atoms with Gasteiger partial charge in [-0.2, -0.15) is 0 Å². The molecule has 0 unspecified atom stereocenters. The molecule has 4 nitrogen and oxygen atoms in total. The van der Waals surface area contributed by atoms with Crippen LogP contribution in [0.25, 0.3) is 0 Å². The first-order chi connectivity index (χ1) is 9.79. The van der Waals surface area contributed by atoms with Gasteiger partial charge in [0.05, 0.1) is 4.90 Å². The smallest absolute Gasteiger partial charge is 0.240 e. The topological polar surface area (TPSA) is 72.2 Å². The van der Waals surface area contributed by atoms with E-state index in [0.29, 0.717) is 5.56 Å². The lowest BCUT2D eigenvalue weighted by Gasteiger charge is -2.07. The first kappa shape index (κ1) is 16.1. The number of aryl methyl sites for hydroxylation is 2. The lowest BCUT2D eigenvalue weighted by Crippen LogP contribution is -2.23. The summed E-state index contributed by atoms with van der Waals surface area (Å²) < 4.78 is 27.2. The van der Waals surface area contributed by atoms with E-state index in [1.54, 1.807) is 23.5 Å². The van der Waals surface area contributed by atoms with Crippen LogP contribution in [0.1, 0.15) is 20.9 Å². The van der Waals surface area contributed by atoms with Crippen LogP contribution in [0.15, 0.2) is 35.2 Å². The molecule has 112 valence electrons. The predicted octanol–water partition coefficient (Wildman–Crippen LogP) is 2.48. The summed E-state index contributed by atoms with van der Waals surface area (Å²) in [5.74, 6) is 0. The minimum Gasteiger partial charge on any atom is -0.389 e. The van der Waals surface area contributed by atoms with Gasteiger partial charge in [-0.25, -0.2) is 13.1 Å². The number of benzene rings is 1. The maximum Gasteiger partial charge on any atom is 0.240 e. The maximum atomic E-state index is 12.3. The number of nitrogens with one attached hydrogen (secondary N) is 1. The highest BCUT2D eigenvalue weighted by Crippen LogP contribution is 2.21. The minimum atomic E-state index is -3.58. The Kier molecular flexibility index (Phi) is 4.77. The van der Waals surface area contributed by atoms with Crippen molar-refractivity contribution in [3.63, 3.8) is 0 Å². The number of nitrogens with two attached hydrogens (primary N) is 1. The molecule has 0 spiro atoms. The maximum absolute atomic E-state index is 12.3. The second-order valence-electron chi connectivity index (χ2n) is 4.67. The Morgan fingerprint density at radius 2 is 2.05 bits per heavy atom. The van der Waals surface area contributed by atoms with Gasteiger partial charge in [0.2, 0.25) is 10.0 Å². The SMILES string of the molecule is Cc1cc(CNS(=O)(=O)c2cccc(C(N)=S)c2)sc1C. The van der Waals surface area contributed by atoms with Gasteiger partial charge in [0, 0.05) is 21.9 Å². The molecule has 0 fully saturated rings. The monoisotopic (exact) mass is 340 g/mol. The molecule has 1 aromatic heterocycles. The van der Waals surface area contributed by atoms with Gasteiger partial charge in [-0.3, -0.25) is 0 Å². The standard InChI is InChI=1S/C14H16N2O2S3/c1-9-6-12(20-10(9)2)8-16-21(17,18)13-5-3-4-11(7-13)14(15)19/h3-7,16H,8H2,1-2H3,(H2,15,19). The zero-order chi connectivity index (χ0) is 15.6. The highest BCUT2D eigenvalue weighted by molar-refractivity contribution is 7.89. The summed E-state index contributed by atoms with van der Waals surface area (Å²) in [4.78, 5) is 2.52. The van der Waals surface area contributed by atoms with Crippen molar-refractivity contribution in [2.45, 2.75) is 25.3 Å². The van der Waals surface area contributed by atoms with Crippen LogP contribution in [0, 0.1) is 13.8 Å². The molecule has 1 aromatic carbocycles. The second-order valence-corrected chi connectivity index (χ2v) is 8.22. The van der Waals surface area contributed by atoms with Gasteiger partial charge in [0.15, 0.2) is 0 Å². The number of hydrogen-bond donors (Lipinski definition) is 2.